The molecule has 7 heteroatoms. The summed E-state index contributed by atoms with van der Waals surface area (Å²) in [5.41, 5.74) is 2.32. The Morgan fingerprint density at radius 3 is 2.67 bits per heavy atom. The highest BCUT2D eigenvalue weighted by molar-refractivity contribution is 6.30. The van der Waals surface area contributed by atoms with Crippen molar-refractivity contribution in [1.29, 1.82) is 0 Å². The van der Waals surface area contributed by atoms with E-state index in [-0.39, 0.29) is 17.7 Å². The van der Waals surface area contributed by atoms with Crippen LogP contribution in [-0.2, 0) is 0 Å². The van der Waals surface area contributed by atoms with E-state index in [9.17, 15) is 9.59 Å². The number of amides is 1. The minimum atomic E-state index is -0.252. The van der Waals surface area contributed by atoms with Crippen molar-refractivity contribution in [2.75, 3.05) is 0 Å². The van der Waals surface area contributed by atoms with Gasteiger partial charge in [0.05, 0.1) is 5.56 Å². The fraction of sp³-hybridized carbons (Fsp3) is 0.250. The van der Waals surface area contributed by atoms with Crippen molar-refractivity contribution < 1.29 is 14.1 Å². The maximum atomic E-state index is 13.0. The summed E-state index contributed by atoms with van der Waals surface area (Å²) in [6, 6.07) is 8.82. The number of aryl methyl sites for hydroxylation is 1. The summed E-state index contributed by atoms with van der Waals surface area (Å²) < 4.78 is 5.26. The predicted molar refractivity (Wildman–Crippen MR) is 101 cm³/mol. The molecule has 1 aromatic carbocycles. The molecule has 0 aliphatic heterocycles. The van der Waals surface area contributed by atoms with Gasteiger partial charge in [0.2, 0.25) is 0 Å². The van der Waals surface area contributed by atoms with Crippen LogP contribution in [0.1, 0.15) is 51.4 Å². The average Bonchev–Trinajstić information content (AvgIpc) is 3.25. The maximum Gasteiger partial charge on any atom is 0.267 e. The second-order valence-electron chi connectivity index (χ2n) is 6.70. The quantitative estimate of drug-likeness (QED) is 0.648. The number of benzene rings is 1. The smallest absolute Gasteiger partial charge is 0.267 e. The lowest BCUT2D eigenvalue weighted by molar-refractivity contribution is 0.0912. The summed E-state index contributed by atoms with van der Waals surface area (Å²) in [5, 5.41) is 7.58. The Labute approximate surface area is 160 Å². The third-order valence-electron chi connectivity index (χ3n) is 4.84. The minimum Gasteiger partial charge on any atom is -0.360 e. The molecule has 0 unspecified atom stereocenters. The topological polar surface area (TPSA) is 88.0 Å². The molecule has 1 aliphatic rings. The van der Waals surface area contributed by atoms with Gasteiger partial charge < -0.3 is 14.8 Å². The molecule has 2 aromatic heterocycles. The summed E-state index contributed by atoms with van der Waals surface area (Å²) in [6.07, 6.45) is 4.68. The molecule has 2 N–H and O–H groups in total. The van der Waals surface area contributed by atoms with Crippen LogP contribution in [0, 0.1) is 6.92 Å². The lowest BCUT2D eigenvalue weighted by Crippen LogP contribution is -2.39. The largest absolute Gasteiger partial charge is 0.360 e. The molecule has 27 heavy (non-hydrogen) atoms. The Balaban J connectivity index is 1.61. The molecular formula is C20H18ClN3O3. The molecule has 0 saturated heterocycles. The van der Waals surface area contributed by atoms with Gasteiger partial charge in [0.1, 0.15) is 17.1 Å². The summed E-state index contributed by atoms with van der Waals surface area (Å²) in [6.45, 7) is 1.69. The first kappa shape index (κ1) is 17.5. The van der Waals surface area contributed by atoms with E-state index in [0.29, 0.717) is 33.3 Å². The van der Waals surface area contributed by atoms with E-state index < -0.39 is 0 Å². The van der Waals surface area contributed by atoms with Crippen LogP contribution in [0.15, 0.2) is 41.1 Å². The molecule has 3 aromatic rings. The van der Waals surface area contributed by atoms with Crippen LogP contribution >= 0.6 is 11.6 Å². The third kappa shape index (κ3) is 3.40. The van der Waals surface area contributed by atoms with Crippen molar-refractivity contribution in [3.63, 3.8) is 0 Å². The highest BCUT2D eigenvalue weighted by Crippen LogP contribution is 2.28. The van der Waals surface area contributed by atoms with Gasteiger partial charge >= 0.3 is 0 Å². The Kier molecular flexibility index (Phi) is 4.58. The van der Waals surface area contributed by atoms with E-state index >= 15 is 0 Å². The van der Waals surface area contributed by atoms with Crippen molar-refractivity contribution in [3.05, 3.63) is 64.1 Å². The van der Waals surface area contributed by atoms with E-state index in [2.05, 4.69) is 15.5 Å². The van der Waals surface area contributed by atoms with E-state index in [0.717, 1.165) is 24.8 Å². The van der Waals surface area contributed by atoms with Crippen molar-refractivity contribution >= 4 is 23.3 Å². The first-order chi connectivity index (χ1) is 13.0. The molecule has 4 rings (SSSR count). The fourth-order valence-corrected chi connectivity index (χ4v) is 3.19. The molecule has 0 radical (unpaired) electrons. The minimum absolute atomic E-state index is 0.196. The molecule has 1 fully saturated rings. The first-order valence-corrected chi connectivity index (χ1v) is 9.17. The summed E-state index contributed by atoms with van der Waals surface area (Å²) in [4.78, 5) is 28.2. The number of nitrogens with zero attached hydrogens (tertiary/aromatic N) is 1. The van der Waals surface area contributed by atoms with E-state index in [1.54, 1.807) is 37.3 Å². The second kappa shape index (κ2) is 7.04. The number of hydrogen-bond donors (Lipinski definition) is 2. The molecule has 0 spiro atoms. The zero-order valence-electron chi connectivity index (χ0n) is 14.7. The molecule has 0 atom stereocenters. The number of nitrogens with one attached hydrogen (secondary N) is 2. The first-order valence-electron chi connectivity index (χ1n) is 8.79. The maximum absolute atomic E-state index is 13.0. The van der Waals surface area contributed by atoms with Crippen molar-refractivity contribution in [1.82, 2.24) is 15.5 Å². The molecular weight excluding hydrogens is 366 g/mol. The summed E-state index contributed by atoms with van der Waals surface area (Å²) in [7, 11) is 0. The Hall–Kier alpha value is -2.86. The number of aromatic nitrogens is 2. The van der Waals surface area contributed by atoms with Gasteiger partial charge in [-0.1, -0.05) is 28.9 Å². The van der Waals surface area contributed by atoms with Crippen LogP contribution in [0.2, 0.25) is 5.02 Å². The number of hydrogen-bond acceptors (Lipinski definition) is 4. The van der Waals surface area contributed by atoms with Crippen molar-refractivity contribution in [2.24, 2.45) is 0 Å². The van der Waals surface area contributed by atoms with Crippen LogP contribution in [0.3, 0.4) is 0 Å². The lowest BCUT2D eigenvalue weighted by atomic mass is 9.93. The number of halogens is 1. The van der Waals surface area contributed by atoms with Gasteiger partial charge in [0, 0.05) is 28.4 Å². The fourth-order valence-electron chi connectivity index (χ4n) is 3.06. The average molecular weight is 384 g/mol. The molecule has 2 heterocycles. The number of carbonyl (C=O) groups is 2. The highest BCUT2D eigenvalue weighted by atomic mass is 35.5. The number of rotatable bonds is 5. The molecule has 138 valence electrons. The normalized spacial score (nSPS) is 14.0. The Bertz CT molecular complexity index is 1000. The van der Waals surface area contributed by atoms with Gasteiger partial charge in [-0.05, 0) is 44.4 Å². The highest BCUT2D eigenvalue weighted by Gasteiger charge is 2.25. The summed E-state index contributed by atoms with van der Waals surface area (Å²) >= 11 is 5.93. The lowest BCUT2D eigenvalue weighted by Gasteiger charge is -2.25. The van der Waals surface area contributed by atoms with Gasteiger partial charge in [-0.3, -0.25) is 9.59 Å². The van der Waals surface area contributed by atoms with E-state index in [1.807, 2.05) is 0 Å². The number of carbonyl (C=O) groups excluding carboxylic acids is 2. The van der Waals surface area contributed by atoms with Crippen molar-refractivity contribution in [3.8, 4) is 11.3 Å². The van der Waals surface area contributed by atoms with Crippen LogP contribution < -0.4 is 5.32 Å². The molecule has 1 amide bonds. The number of aromatic amines is 1. The monoisotopic (exact) mass is 383 g/mol. The number of ketones is 1. The second-order valence-corrected chi connectivity index (χ2v) is 7.14. The Morgan fingerprint density at radius 2 is 2.00 bits per heavy atom. The zero-order chi connectivity index (χ0) is 19.0. The summed E-state index contributed by atoms with van der Waals surface area (Å²) in [5.74, 6) is -0.0250. The molecule has 6 nitrogen and oxygen atoms in total. The van der Waals surface area contributed by atoms with Gasteiger partial charge in [-0.2, -0.15) is 0 Å². The van der Waals surface area contributed by atoms with E-state index in [4.69, 9.17) is 16.1 Å². The Morgan fingerprint density at radius 1 is 1.26 bits per heavy atom. The van der Waals surface area contributed by atoms with Gasteiger partial charge in [-0.25, -0.2) is 0 Å². The molecule has 0 bridgehead atoms. The SMILES string of the molecule is Cc1onc(-c2ccc(Cl)cc2)c1C(=O)c1c[nH]c(C(=O)NC2CCC2)c1. The van der Waals surface area contributed by atoms with Crippen LogP contribution in [-0.4, -0.2) is 27.9 Å². The van der Waals surface area contributed by atoms with Crippen molar-refractivity contribution in [2.45, 2.75) is 32.2 Å². The van der Waals surface area contributed by atoms with Crippen LogP contribution in [0.5, 0.6) is 0 Å². The van der Waals surface area contributed by atoms with Crippen LogP contribution in [0.4, 0.5) is 0 Å². The zero-order valence-corrected chi connectivity index (χ0v) is 15.5. The predicted octanol–water partition coefficient (Wildman–Crippen LogP) is 4.14. The van der Waals surface area contributed by atoms with Gasteiger partial charge in [0.25, 0.3) is 5.91 Å². The standard InChI is InChI=1S/C20H18ClN3O3/c1-11-17(18(24-27-11)12-5-7-14(21)8-6-12)19(25)13-9-16(22-10-13)20(26)23-15-3-2-4-15/h5-10,15,22H,2-4H2,1H3,(H,23,26). The third-order valence-corrected chi connectivity index (χ3v) is 5.09. The van der Waals surface area contributed by atoms with E-state index in [1.165, 1.54) is 6.20 Å². The van der Waals surface area contributed by atoms with Gasteiger partial charge in [-0.15, -0.1) is 0 Å². The van der Waals surface area contributed by atoms with Gasteiger partial charge in [0.15, 0.2) is 5.78 Å². The molecule has 1 saturated carbocycles. The molecule has 1 aliphatic carbocycles. The van der Waals surface area contributed by atoms with Crippen LogP contribution in [0.25, 0.3) is 11.3 Å². The number of H-pyrrole nitrogens is 1.